The van der Waals surface area contributed by atoms with Crippen molar-refractivity contribution in [2.45, 2.75) is 11.8 Å². The molecule has 0 bridgehead atoms. The maximum Gasteiger partial charge on any atom is 0.244 e. The molecule has 7 nitrogen and oxygen atoms in total. The Morgan fingerprint density at radius 2 is 1.80 bits per heavy atom. The molecule has 2 amide bonds. The number of carbonyl (C=O) groups is 2. The molecule has 0 atom stereocenters. The number of hydrogen-bond donors (Lipinski definition) is 2. The smallest absolute Gasteiger partial charge is 0.244 e. The molecular weight excluding hydrogens is 306 g/mol. The number of amides is 2. The zero-order valence-corrected chi connectivity index (χ0v) is 12.1. The van der Waals surface area contributed by atoms with E-state index in [1.165, 1.54) is 12.1 Å². The quantitative estimate of drug-likeness (QED) is 0.583. The van der Waals surface area contributed by atoms with Gasteiger partial charge in [-0.25, -0.2) is 8.42 Å². The van der Waals surface area contributed by atoms with Gasteiger partial charge in [-0.2, -0.15) is 4.31 Å². The highest BCUT2D eigenvalue weighted by atomic mass is 35.5. The number of piperazine rings is 1. The normalized spacial score (nSPS) is 17.1. The Kier molecular flexibility index (Phi) is 3.72. The number of hydrogen-bond acceptors (Lipinski definition) is 5. The van der Waals surface area contributed by atoms with Gasteiger partial charge >= 0.3 is 0 Å². The number of nitrogens with one attached hydrogen (secondary N) is 1. The van der Waals surface area contributed by atoms with E-state index in [0.717, 1.165) is 4.31 Å². The van der Waals surface area contributed by atoms with Gasteiger partial charge in [-0.3, -0.25) is 14.9 Å². The fourth-order valence-electron chi connectivity index (χ4n) is 1.84. The van der Waals surface area contributed by atoms with Crippen molar-refractivity contribution in [1.29, 1.82) is 0 Å². The molecule has 0 aliphatic carbocycles. The standard InChI is InChI=1S/C11H12ClN3O4S/c1-6-2-7(3-8(13)11(6)12)20(18,19)15-4-9(16)14-10(17)5-15/h2-3H,4-5,13H2,1H3,(H,14,16,17). The van der Waals surface area contributed by atoms with Crippen molar-refractivity contribution in [2.24, 2.45) is 0 Å². The number of rotatable bonds is 2. The minimum atomic E-state index is -3.98. The Morgan fingerprint density at radius 3 is 2.30 bits per heavy atom. The molecule has 0 spiro atoms. The fourth-order valence-corrected chi connectivity index (χ4v) is 3.42. The number of nitrogens with zero attached hydrogens (tertiary/aromatic N) is 1. The van der Waals surface area contributed by atoms with Crippen molar-refractivity contribution in [1.82, 2.24) is 9.62 Å². The Bertz CT molecular complexity index is 663. The van der Waals surface area contributed by atoms with Crippen molar-refractivity contribution < 1.29 is 18.0 Å². The van der Waals surface area contributed by atoms with E-state index in [9.17, 15) is 18.0 Å². The predicted octanol–water partition coefficient (Wildman–Crippen LogP) is -0.122. The zero-order valence-electron chi connectivity index (χ0n) is 10.5. The molecule has 9 heteroatoms. The summed E-state index contributed by atoms with van der Waals surface area (Å²) in [6, 6.07) is 2.56. The molecule has 1 aromatic rings. The monoisotopic (exact) mass is 317 g/mol. The van der Waals surface area contributed by atoms with Crippen molar-refractivity contribution in [3.05, 3.63) is 22.7 Å². The SMILES string of the molecule is Cc1cc(S(=O)(=O)N2CC(=O)NC(=O)C2)cc(N)c1Cl. The van der Waals surface area contributed by atoms with Gasteiger partial charge in [0, 0.05) is 0 Å². The van der Waals surface area contributed by atoms with Gasteiger partial charge in [0.15, 0.2) is 0 Å². The number of anilines is 1. The Labute approximate surface area is 120 Å². The van der Waals surface area contributed by atoms with E-state index < -0.39 is 34.9 Å². The first-order chi connectivity index (χ1) is 9.21. The van der Waals surface area contributed by atoms with Crippen LogP contribution in [0.5, 0.6) is 0 Å². The molecule has 1 aliphatic heterocycles. The Morgan fingerprint density at radius 1 is 1.25 bits per heavy atom. The number of imide groups is 1. The minimum Gasteiger partial charge on any atom is -0.397 e. The lowest BCUT2D eigenvalue weighted by molar-refractivity contribution is -0.134. The summed E-state index contributed by atoms with van der Waals surface area (Å²) in [5.41, 5.74) is 6.26. The summed E-state index contributed by atoms with van der Waals surface area (Å²) >= 11 is 5.88. The van der Waals surface area contributed by atoms with Gasteiger partial charge in [0.2, 0.25) is 21.8 Å². The highest BCUT2D eigenvalue weighted by Gasteiger charge is 2.33. The second-order valence-corrected chi connectivity index (χ2v) is 6.70. The van der Waals surface area contributed by atoms with E-state index in [4.69, 9.17) is 17.3 Å². The summed E-state index contributed by atoms with van der Waals surface area (Å²) < 4.78 is 25.6. The van der Waals surface area contributed by atoms with E-state index in [1.54, 1.807) is 6.92 Å². The molecular formula is C11H12ClN3O4S. The van der Waals surface area contributed by atoms with Crippen LogP contribution in [0.1, 0.15) is 5.56 Å². The number of aryl methyl sites for hydroxylation is 1. The van der Waals surface area contributed by atoms with E-state index in [2.05, 4.69) is 0 Å². The molecule has 2 rings (SSSR count). The molecule has 0 aromatic heterocycles. The van der Waals surface area contributed by atoms with Crippen molar-refractivity contribution in [2.75, 3.05) is 18.8 Å². The van der Waals surface area contributed by atoms with Gasteiger partial charge in [-0.15, -0.1) is 0 Å². The zero-order chi connectivity index (χ0) is 15.1. The molecule has 0 radical (unpaired) electrons. The average molecular weight is 318 g/mol. The second kappa shape index (κ2) is 5.04. The van der Waals surface area contributed by atoms with Crippen LogP contribution in [-0.2, 0) is 19.6 Å². The number of sulfonamides is 1. The molecule has 0 unspecified atom stereocenters. The van der Waals surface area contributed by atoms with Crippen molar-refractivity contribution in [3.8, 4) is 0 Å². The predicted molar refractivity (Wildman–Crippen MR) is 72.5 cm³/mol. The van der Waals surface area contributed by atoms with Gasteiger partial charge < -0.3 is 5.73 Å². The van der Waals surface area contributed by atoms with Crippen LogP contribution in [0.25, 0.3) is 0 Å². The topological polar surface area (TPSA) is 110 Å². The summed E-state index contributed by atoms with van der Waals surface area (Å²) in [5.74, 6) is -1.33. The van der Waals surface area contributed by atoms with E-state index >= 15 is 0 Å². The Balaban J connectivity index is 2.45. The van der Waals surface area contributed by atoms with Crippen LogP contribution >= 0.6 is 11.6 Å². The highest BCUT2D eigenvalue weighted by Crippen LogP contribution is 2.28. The van der Waals surface area contributed by atoms with Gasteiger partial charge in [0.05, 0.1) is 28.7 Å². The van der Waals surface area contributed by atoms with E-state index in [0.29, 0.717) is 5.56 Å². The minimum absolute atomic E-state index is 0.0978. The molecule has 108 valence electrons. The maximum absolute atomic E-state index is 12.4. The number of nitrogen functional groups attached to an aromatic ring is 1. The highest BCUT2D eigenvalue weighted by molar-refractivity contribution is 7.89. The number of halogens is 1. The van der Waals surface area contributed by atoms with Crippen LogP contribution in [0.3, 0.4) is 0 Å². The summed E-state index contributed by atoms with van der Waals surface area (Å²) in [7, 11) is -3.98. The lowest BCUT2D eigenvalue weighted by atomic mass is 10.2. The van der Waals surface area contributed by atoms with Gasteiger partial charge in [-0.1, -0.05) is 11.6 Å². The lowest BCUT2D eigenvalue weighted by Gasteiger charge is -2.25. The molecule has 1 saturated heterocycles. The molecule has 3 N–H and O–H groups in total. The molecule has 1 heterocycles. The third-order valence-corrected chi connectivity index (χ3v) is 5.10. The third kappa shape index (κ3) is 2.62. The summed E-state index contributed by atoms with van der Waals surface area (Å²) in [4.78, 5) is 22.4. The molecule has 1 aliphatic rings. The second-order valence-electron chi connectivity index (χ2n) is 4.39. The fraction of sp³-hybridized carbons (Fsp3) is 0.273. The first-order valence-electron chi connectivity index (χ1n) is 5.60. The van der Waals surface area contributed by atoms with E-state index in [-0.39, 0.29) is 15.6 Å². The van der Waals surface area contributed by atoms with Crippen LogP contribution in [0.4, 0.5) is 5.69 Å². The summed E-state index contributed by atoms with van der Waals surface area (Å²) in [6.07, 6.45) is 0. The van der Waals surface area contributed by atoms with Gasteiger partial charge in [-0.05, 0) is 24.6 Å². The summed E-state index contributed by atoms with van der Waals surface area (Å²) in [6.45, 7) is 0.803. The van der Waals surface area contributed by atoms with Crippen LogP contribution in [0.2, 0.25) is 5.02 Å². The molecule has 20 heavy (non-hydrogen) atoms. The van der Waals surface area contributed by atoms with Gasteiger partial charge in [0.1, 0.15) is 0 Å². The molecule has 1 fully saturated rings. The van der Waals surface area contributed by atoms with Crippen molar-refractivity contribution in [3.63, 3.8) is 0 Å². The van der Waals surface area contributed by atoms with Crippen LogP contribution in [-0.4, -0.2) is 37.6 Å². The number of nitrogens with two attached hydrogens (primary N) is 1. The maximum atomic E-state index is 12.4. The lowest BCUT2D eigenvalue weighted by Crippen LogP contribution is -2.53. The Hall–Kier alpha value is -1.64. The molecule has 0 saturated carbocycles. The average Bonchev–Trinajstić information content (AvgIpc) is 2.34. The van der Waals surface area contributed by atoms with Crippen LogP contribution in [0.15, 0.2) is 17.0 Å². The van der Waals surface area contributed by atoms with Gasteiger partial charge in [0.25, 0.3) is 0 Å². The first kappa shape index (κ1) is 14.8. The third-order valence-electron chi connectivity index (χ3n) is 2.81. The van der Waals surface area contributed by atoms with Crippen molar-refractivity contribution >= 4 is 39.1 Å². The van der Waals surface area contributed by atoms with Crippen LogP contribution in [0, 0.1) is 6.92 Å². The van der Waals surface area contributed by atoms with E-state index in [1.807, 2.05) is 5.32 Å². The summed E-state index contributed by atoms with van der Waals surface area (Å²) in [5, 5.41) is 2.31. The number of carbonyl (C=O) groups excluding carboxylic acids is 2. The largest absolute Gasteiger partial charge is 0.397 e. The van der Waals surface area contributed by atoms with Crippen LogP contribution < -0.4 is 11.1 Å². The first-order valence-corrected chi connectivity index (χ1v) is 7.42. The number of benzene rings is 1. The molecule has 1 aromatic carbocycles.